The summed E-state index contributed by atoms with van der Waals surface area (Å²) in [5, 5.41) is 15.8. The van der Waals surface area contributed by atoms with Gasteiger partial charge in [0.25, 0.3) is 0 Å². The lowest BCUT2D eigenvalue weighted by molar-refractivity contribution is -0.134. The van der Waals surface area contributed by atoms with Crippen molar-refractivity contribution < 1.29 is 33.7 Å². The molecule has 240 valence electrons. The Labute approximate surface area is 259 Å². The first-order valence-corrected chi connectivity index (χ1v) is 15.1. The number of hydrogen-bond acceptors (Lipinski definition) is 8. The van der Waals surface area contributed by atoms with Crippen LogP contribution in [-0.4, -0.2) is 116 Å². The van der Waals surface area contributed by atoms with E-state index in [0.29, 0.717) is 61.2 Å². The molecule has 1 fully saturated rings. The molecule has 0 bridgehead atoms. The van der Waals surface area contributed by atoms with Gasteiger partial charge in [-0.15, -0.1) is 0 Å². The van der Waals surface area contributed by atoms with E-state index in [1.165, 1.54) is 0 Å². The molecule has 2 heterocycles. The largest absolute Gasteiger partial charge is 0.497 e. The molecule has 2 aromatic rings. The Bertz CT molecular complexity index is 1270. The van der Waals surface area contributed by atoms with Crippen molar-refractivity contribution in [3.05, 3.63) is 48.0 Å². The van der Waals surface area contributed by atoms with Gasteiger partial charge >= 0.3 is 6.03 Å². The Kier molecular flexibility index (Phi) is 11.8. The molecule has 2 aliphatic heterocycles. The van der Waals surface area contributed by atoms with Gasteiger partial charge in [0.2, 0.25) is 11.8 Å². The van der Waals surface area contributed by atoms with Crippen molar-refractivity contribution in [2.45, 2.75) is 38.8 Å². The van der Waals surface area contributed by atoms with Crippen LogP contribution in [0.3, 0.4) is 0 Å². The number of amides is 4. The zero-order valence-electron chi connectivity index (χ0n) is 26.1. The van der Waals surface area contributed by atoms with Crippen molar-refractivity contribution in [3.8, 4) is 11.5 Å². The summed E-state index contributed by atoms with van der Waals surface area (Å²) in [5.74, 6) is 0.775. The topological polar surface area (TPSA) is 133 Å². The SMILES string of the molecule is COc1ccc(NC(=O)N(C)C[C@@H]2Oc3ccc(NC(=O)CCN4CCOCC4)cc3CC(=O)N([C@H](C)CO)C[C@H]2C)cc1. The highest BCUT2D eigenvalue weighted by Crippen LogP contribution is 2.29. The van der Waals surface area contributed by atoms with E-state index in [-0.39, 0.29) is 43.3 Å². The van der Waals surface area contributed by atoms with Gasteiger partial charge < -0.3 is 39.8 Å². The molecule has 0 radical (unpaired) electrons. The number of morpholine rings is 1. The molecule has 0 unspecified atom stereocenters. The number of methoxy groups -OCH3 is 1. The van der Waals surface area contributed by atoms with Gasteiger partial charge in [0.05, 0.1) is 45.9 Å². The fourth-order valence-corrected chi connectivity index (χ4v) is 5.28. The van der Waals surface area contributed by atoms with E-state index >= 15 is 0 Å². The third-order valence-corrected chi connectivity index (χ3v) is 8.10. The summed E-state index contributed by atoms with van der Waals surface area (Å²) in [6.07, 6.45) is -0.0722. The number of benzene rings is 2. The number of anilines is 2. The molecule has 2 aliphatic rings. The Morgan fingerprint density at radius 1 is 1.11 bits per heavy atom. The molecule has 0 aromatic heterocycles. The number of aliphatic hydroxyl groups excluding tert-OH is 1. The van der Waals surface area contributed by atoms with E-state index in [9.17, 15) is 19.5 Å². The van der Waals surface area contributed by atoms with Crippen LogP contribution in [0.4, 0.5) is 16.2 Å². The molecular formula is C32H45N5O7. The summed E-state index contributed by atoms with van der Waals surface area (Å²) < 4.78 is 17.1. The number of nitrogens with one attached hydrogen (secondary N) is 2. The minimum Gasteiger partial charge on any atom is -0.497 e. The standard InChI is InChI=1S/C32H45N5O7/c1-22-19-37(23(2)21-38)31(40)18-24-17-26(33-30(39)11-12-36-13-15-43-16-14-36)7-10-28(24)44-29(22)20-35(3)32(41)34-25-5-8-27(42-4)9-6-25/h5-10,17,22-23,29,38H,11-16,18-21H2,1-4H3,(H,33,39)(H,34,41)/t22-,23-,29+/m1/s1. The number of urea groups is 1. The highest BCUT2D eigenvalue weighted by Gasteiger charge is 2.32. The molecule has 4 amide bonds. The number of hydrogen-bond donors (Lipinski definition) is 3. The predicted molar refractivity (Wildman–Crippen MR) is 167 cm³/mol. The molecule has 0 spiro atoms. The highest BCUT2D eigenvalue weighted by atomic mass is 16.5. The molecule has 12 heteroatoms. The second-order valence-corrected chi connectivity index (χ2v) is 11.5. The van der Waals surface area contributed by atoms with E-state index in [1.807, 2.05) is 6.92 Å². The van der Waals surface area contributed by atoms with Gasteiger partial charge in [-0.2, -0.15) is 0 Å². The van der Waals surface area contributed by atoms with Crippen molar-refractivity contribution in [3.63, 3.8) is 0 Å². The minimum absolute atomic E-state index is 0.0460. The fraction of sp³-hybridized carbons (Fsp3) is 0.531. The summed E-state index contributed by atoms with van der Waals surface area (Å²) in [6, 6.07) is 11.7. The van der Waals surface area contributed by atoms with Crippen molar-refractivity contribution >= 4 is 29.2 Å². The van der Waals surface area contributed by atoms with E-state index in [1.54, 1.807) is 73.3 Å². The van der Waals surface area contributed by atoms with Crippen LogP contribution in [0.5, 0.6) is 11.5 Å². The minimum atomic E-state index is -0.464. The molecule has 0 aliphatic carbocycles. The first kappa shape index (κ1) is 33.0. The van der Waals surface area contributed by atoms with E-state index in [2.05, 4.69) is 15.5 Å². The summed E-state index contributed by atoms with van der Waals surface area (Å²) in [6.45, 7) is 7.81. The third kappa shape index (κ3) is 9.07. The van der Waals surface area contributed by atoms with Crippen LogP contribution in [0.15, 0.2) is 42.5 Å². The average Bonchev–Trinajstić information content (AvgIpc) is 3.07. The number of likely N-dealkylation sites (N-methyl/N-ethyl adjacent to an activating group) is 1. The maximum atomic E-state index is 13.5. The quantitative estimate of drug-likeness (QED) is 0.374. The number of fused-ring (bicyclic) bond motifs is 1. The molecule has 2 aromatic carbocycles. The number of carbonyl (C=O) groups excluding carboxylic acids is 3. The smallest absolute Gasteiger partial charge is 0.321 e. The molecule has 0 saturated carbocycles. The second-order valence-electron chi connectivity index (χ2n) is 11.5. The highest BCUT2D eigenvalue weighted by molar-refractivity contribution is 5.91. The molecular weight excluding hydrogens is 566 g/mol. The molecule has 1 saturated heterocycles. The van der Waals surface area contributed by atoms with Gasteiger partial charge in [-0.1, -0.05) is 6.92 Å². The fourth-order valence-electron chi connectivity index (χ4n) is 5.28. The number of nitrogens with zero attached hydrogens (tertiary/aromatic N) is 3. The molecule has 4 rings (SSSR count). The summed E-state index contributed by atoms with van der Waals surface area (Å²) in [5.41, 5.74) is 1.83. The lowest BCUT2D eigenvalue weighted by Crippen LogP contribution is -2.48. The number of aliphatic hydroxyl groups is 1. The second kappa shape index (κ2) is 15.7. The van der Waals surface area contributed by atoms with Crippen LogP contribution < -0.4 is 20.1 Å². The van der Waals surface area contributed by atoms with Gasteiger partial charge in [0.15, 0.2) is 0 Å². The van der Waals surface area contributed by atoms with Crippen LogP contribution in [0, 0.1) is 5.92 Å². The Balaban J connectivity index is 1.49. The first-order chi connectivity index (χ1) is 21.2. The summed E-state index contributed by atoms with van der Waals surface area (Å²) >= 11 is 0. The van der Waals surface area contributed by atoms with Gasteiger partial charge in [0, 0.05) is 62.5 Å². The molecule has 12 nitrogen and oxygen atoms in total. The zero-order valence-corrected chi connectivity index (χ0v) is 26.1. The van der Waals surface area contributed by atoms with Crippen LogP contribution in [0.1, 0.15) is 25.8 Å². The monoisotopic (exact) mass is 611 g/mol. The van der Waals surface area contributed by atoms with Gasteiger partial charge in [0.1, 0.15) is 17.6 Å². The van der Waals surface area contributed by atoms with Crippen LogP contribution in [-0.2, 0) is 20.7 Å². The van der Waals surface area contributed by atoms with E-state index < -0.39 is 12.1 Å². The van der Waals surface area contributed by atoms with E-state index in [4.69, 9.17) is 14.2 Å². The summed E-state index contributed by atoms with van der Waals surface area (Å²) in [7, 11) is 3.27. The lowest BCUT2D eigenvalue weighted by Gasteiger charge is -2.34. The Morgan fingerprint density at radius 2 is 1.82 bits per heavy atom. The average molecular weight is 612 g/mol. The van der Waals surface area contributed by atoms with Crippen LogP contribution in [0.2, 0.25) is 0 Å². The number of ether oxygens (including phenoxy) is 3. The van der Waals surface area contributed by atoms with Crippen molar-refractivity contribution in [1.82, 2.24) is 14.7 Å². The molecule has 44 heavy (non-hydrogen) atoms. The normalized spacial score (nSPS) is 19.8. The maximum Gasteiger partial charge on any atom is 0.321 e. The van der Waals surface area contributed by atoms with E-state index in [0.717, 1.165) is 13.1 Å². The zero-order chi connectivity index (χ0) is 31.6. The maximum absolute atomic E-state index is 13.5. The number of carbonyl (C=O) groups is 3. The predicted octanol–water partition coefficient (Wildman–Crippen LogP) is 2.67. The van der Waals surface area contributed by atoms with Crippen LogP contribution in [0.25, 0.3) is 0 Å². The van der Waals surface area contributed by atoms with Gasteiger partial charge in [-0.05, 0) is 49.4 Å². The number of rotatable bonds is 10. The third-order valence-electron chi connectivity index (χ3n) is 8.10. The van der Waals surface area contributed by atoms with Crippen molar-refractivity contribution in [2.75, 3.05) is 77.3 Å². The molecule has 3 atom stereocenters. The summed E-state index contributed by atoms with van der Waals surface area (Å²) in [4.78, 5) is 44.7. The van der Waals surface area contributed by atoms with Crippen molar-refractivity contribution in [1.29, 1.82) is 0 Å². The van der Waals surface area contributed by atoms with Gasteiger partial charge in [-0.25, -0.2) is 4.79 Å². The van der Waals surface area contributed by atoms with Gasteiger partial charge in [-0.3, -0.25) is 14.5 Å². The first-order valence-electron chi connectivity index (χ1n) is 15.1. The van der Waals surface area contributed by atoms with Crippen LogP contribution >= 0.6 is 0 Å². The lowest BCUT2D eigenvalue weighted by atomic mass is 10.0. The molecule has 3 N–H and O–H groups in total. The Morgan fingerprint density at radius 3 is 2.50 bits per heavy atom. The van der Waals surface area contributed by atoms with Crippen molar-refractivity contribution in [2.24, 2.45) is 5.92 Å². The Hall–Kier alpha value is -3.87.